The average molecular weight is 322 g/mol. The molecular weight excluding hydrogens is 305 g/mol. The van der Waals surface area contributed by atoms with E-state index >= 15 is 0 Å². The third kappa shape index (κ3) is 3.78. The van der Waals surface area contributed by atoms with Crippen molar-refractivity contribution in [1.29, 1.82) is 0 Å². The zero-order valence-electron chi connectivity index (χ0n) is 12.0. The van der Waals surface area contributed by atoms with E-state index in [1.807, 2.05) is 61.5 Å². The zero-order valence-corrected chi connectivity index (χ0v) is 13.5. The van der Waals surface area contributed by atoms with Gasteiger partial charge >= 0.3 is 0 Å². The van der Waals surface area contributed by atoms with Crippen molar-refractivity contribution in [3.63, 3.8) is 0 Å². The molecule has 0 heterocycles. The van der Waals surface area contributed by atoms with Gasteiger partial charge in [0.2, 0.25) is 5.91 Å². The van der Waals surface area contributed by atoms with Crippen molar-refractivity contribution in [3.05, 3.63) is 70.7 Å². The van der Waals surface area contributed by atoms with Crippen LogP contribution >= 0.6 is 23.2 Å². The van der Waals surface area contributed by atoms with Gasteiger partial charge in [0.05, 0.1) is 6.04 Å². The van der Waals surface area contributed by atoms with Gasteiger partial charge in [0, 0.05) is 12.1 Å². The van der Waals surface area contributed by atoms with Crippen LogP contribution in [-0.4, -0.2) is 17.9 Å². The van der Waals surface area contributed by atoms with Crippen molar-refractivity contribution in [1.82, 2.24) is 4.90 Å². The summed E-state index contributed by atoms with van der Waals surface area (Å²) in [6.45, 7) is 1.97. The number of carbonyl (C=O) groups excluding carboxylic acids is 1. The maximum atomic E-state index is 12.5. The maximum Gasteiger partial charge on any atom is 0.245 e. The number of hydrogen-bond donors (Lipinski definition) is 0. The van der Waals surface area contributed by atoms with E-state index in [4.69, 9.17) is 23.2 Å². The van der Waals surface area contributed by atoms with E-state index in [1.54, 1.807) is 11.9 Å². The van der Waals surface area contributed by atoms with Gasteiger partial charge in [-0.05, 0) is 30.2 Å². The smallest absolute Gasteiger partial charge is 0.245 e. The molecule has 4 heteroatoms. The van der Waals surface area contributed by atoms with Crippen LogP contribution in [0.5, 0.6) is 0 Å². The molecule has 0 saturated heterocycles. The van der Waals surface area contributed by atoms with Crippen molar-refractivity contribution < 1.29 is 4.79 Å². The fourth-order valence-corrected chi connectivity index (χ4v) is 2.52. The number of nitrogens with zero attached hydrogens (tertiary/aromatic N) is 1. The third-order valence-corrected chi connectivity index (χ3v) is 4.28. The first-order valence-electron chi connectivity index (χ1n) is 6.72. The van der Waals surface area contributed by atoms with Gasteiger partial charge in [0.25, 0.3) is 0 Å². The molecule has 2 unspecified atom stereocenters. The summed E-state index contributed by atoms with van der Waals surface area (Å²) in [6.07, 6.45) is 0. The predicted molar refractivity (Wildman–Crippen MR) is 87.7 cm³/mol. The zero-order chi connectivity index (χ0) is 15.4. The van der Waals surface area contributed by atoms with E-state index in [1.165, 1.54) is 0 Å². The van der Waals surface area contributed by atoms with Crippen LogP contribution in [0.15, 0.2) is 54.6 Å². The molecule has 1 amide bonds. The van der Waals surface area contributed by atoms with Gasteiger partial charge in [-0.2, -0.15) is 0 Å². The second-order valence-electron chi connectivity index (χ2n) is 4.95. The Morgan fingerprint density at radius 3 is 2.14 bits per heavy atom. The van der Waals surface area contributed by atoms with Crippen LogP contribution in [0.1, 0.15) is 29.5 Å². The quantitative estimate of drug-likeness (QED) is 0.738. The molecule has 2 atom stereocenters. The lowest BCUT2D eigenvalue weighted by Crippen LogP contribution is -2.32. The molecule has 0 aliphatic carbocycles. The molecule has 0 aliphatic rings. The Labute approximate surface area is 135 Å². The predicted octanol–water partition coefficient (Wildman–Crippen LogP) is 4.84. The van der Waals surface area contributed by atoms with E-state index in [2.05, 4.69) is 0 Å². The lowest BCUT2D eigenvalue weighted by atomic mass is 10.1. The highest BCUT2D eigenvalue weighted by Gasteiger charge is 2.25. The highest BCUT2D eigenvalue weighted by atomic mass is 35.5. The number of rotatable bonds is 4. The molecule has 0 N–H and O–H groups in total. The first-order valence-corrected chi connectivity index (χ1v) is 7.53. The fourth-order valence-electron chi connectivity index (χ4n) is 2.10. The minimum absolute atomic E-state index is 0.0697. The summed E-state index contributed by atoms with van der Waals surface area (Å²) in [4.78, 5) is 14.2. The number of alkyl halides is 1. The number of likely N-dealkylation sites (N-methyl/N-ethyl adjacent to an activating group) is 1. The van der Waals surface area contributed by atoms with Crippen LogP contribution < -0.4 is 0 Å². The van der Waals surface area contributed by atoms with E-state index in [0.29, 0.717) is 5.02 Å². The lowest BCUT2D eigenvalue weighted by Gasteiger charge is -2.27. The van der Waals surface area contributed by atoms with Crippen LogP contribution in [0.4, 0.5) is 0 Å². The summed E-state index contributed by atoms with van der Waals surface area (Å²) in [5.41, 5.74) is 1.83. The normalized spacial score (nSPS) is 13.5. The Hall–Kier alpha value is -1.51. The maximum absolute atomic E-state index is 12.5. The SMILES string of the molecule is CC(c1ccc(Cl)cc1)N(C)C(=O)C(Cl)c1ccccc1. The Morgan fingerprint density at radius 2 is 1.57 bits per heavy atom. The highest BCUT2D eigenvalue weighted by molar-refractivity contribution is 6.31. The molecule has 0 aromatic heterocycles. The largest absolute Gasteiger partial charge is 0.337 e. The second-order valence-corrected chi connectivity index (χ2v) is 5.82. The van der Waals surface area contributed by atoms with Gasteiger partial charge in [-0.3, -0.25) is 4.79 Å². The molecule has 0 spiro atoms. The Bertz CT molecular complexity index is 598. The van der Waals surface area contributed by atoms with Crippen molar-refractivity contribution >= 4 is 29.1 Å². The Balaban J connectivity index is 2.13. The molecule has 2 aromatic rings. The van der Waals surface area contributed by atoms with Crippen LogP contribution in [0.3, 0.4) is 0 Å². The van der Waals surface area contributed by atoms with Gasteiger partial charge < -0.3 is 4.90 Å². The molecule has 0 bridgehead atoms. The van der Waals surface area contributed by atoms with E-state index < -0.39 is 5.38 Å². The molecule has 2 rings (SSSR count). The van der Waals surface area contributed by atoms with Crippen molar-refractivity contribution in [2.75, 3.05) is 7.05 Å². The molecule has 2 aromatic carbocycles. The summed E-state index contributed by atoms with van der Waals surface area (Å²) in [5.74, 6) is -0.120. The first-order chi connectivity index (χ1) is 10.0. The minimum Gasteiger partial charge on any atom is -0.337 e. The Kier molecular flexibility index (Phi) is 5.27. The number of carbonyl (C=O) groups is 1. The topological polar surface area (TPSA) is 20.3 Å². The summed E-state index contributed by atoms with van der Waals surface area (Å²) < 4.78 is 0. The summed E-state index contributed by atoms with van der Waals surface area (Å²) in [7, 11) is 1.76. The molecule has 0 radical (unpaired) electrons. The van der Waals surface area contributed by atoms with Crippen molar-refractivity contribution in [3.8, 4) is 0 Å². The molecule has 0 fully saturated rings. The van der Waals surface area contributed by atoms with E-state index in [-0.39, 0.29) is 11.9 Å². The van der Waals surface area contributed by atoms with Gasteiger partial charge in [0.1, 0.15) is 5.38 Å². The minimum atomic E-state index is -0.675. The molecule has 110 valence electrons. The summed E-state index contributed by atoms with van der Waals surface area (Å²) >= 11 is 12.2. The molecule has 2 nitrogen and oxygen atoms in total. The van der Waals surface area contributed by atoms with E-state index in [9.17, 15) is 4.79 Å². The third-order valence-electron chi connectivity index (χ3n) is 3.59. The van der Waals surface area contributed by atoms with Crippen LogP contribution in [0.25, 0.3) is 0 Å². The monoisotopic (exact) mass is 321 g/mol. The number of amides is 1. The Morgan fingerprint density at radius 1 is 1.00 bits per heavy atom. The van der Waals surface area contributed by atoms with Crippen LogP contribution in [0, 0.1) is 0 Å². The van der Waals surface area contributed by atoms with Crippen LogP contribution in [-0.2, 0) is 4.79 Å². The standard InChI is InChI=1S/C17H17Cl2NO/c1-12(13-8-10-15(18)11-9-13)20(2)17(21)16(19)14-6-4-3-5-7-14/h3-12,16H,1-2H3. The van der Waals surface area contributed by atoms with Gasteiger partial charge in [0.15, 0.2) is 0 Å². The van der Waals surface area contributed by atoms with Gasteiger partial charge in [-0.15, -0.1) is 11.6 Å². The lowest BCUT2D eigenvalue weighted by molar-refractivity contribution is -0.131. The fraction of sp³-hybridized carbons (Fsp3) is 0.235. The molecule has 21 heavy (non-hydrogen) atoms. The van der Waals surface area contributed by atoms with Gasteiger partial charge in [-0.25, -0.2) is 0 Å². The second kappa shape index (κ2) is 6.97. The molecular formula is C17H17Cl2NO. The molecule has 0 aliphatic heterocycles. The average Bonchev–Trinajstić information content (AvgIpc) is 2.53. The highest BCUT2D eigenvalue weighted by Crippen LogP contribution is 2.27. The summed E-state index contributed by atoms with van der Waals surface area (Å²) in [6, 6.07) is 16.8. The summed E-state index contributed by atoms with van der Waals surface area (Å²) in [5, 5.41) is 0.00499. The number of hydrogen-bond acceptors (Lipinski definition) is 1. The van der Waals surface area contributed by atoms with Crippen molar-refractivity contribution in [2.45, 2.75) is 18.3 Å². The molecule has 0 saturated carbocycles. The number of halogens is 2. The van der Waals surface area contributed by atoms with Gasteiger partial charge in [-0.1, -0.05) is 54.1 Å². The first kappa shape index (κ1) is 15.9. The number of benzene rings is 2. The van der Waals surface area contributed by atoms with Crippen LogP contribution in [0.2, 0.25) is 5.02 Å². The van der Waals surface area contributed by atoms with E-state index in [0.717, 1.165) is 11.1 Å². The van der Waals surface area contributed by atoms with Crippen molar-refractivity contribution in [2.24, 2.45) is 0 Å².